The number of piperidine rings is 1. The van der Waals surface area contributed by atoms with E-state index in [9.17, 15) is 14.7 Å². The minimum atomic E-state index is -0.915. The first kappa shape index (κ1) is 32.9. The SMILES string of the molecule is C[C@@H]1CN(C(=O)O)CC[C@@H]1C(=O)N1CC=C(c2ccc3c(-c4ccc(OCc5ccccc5)nc4OCc4ccccc4)nn(C)c3c2)CC1. The highest BCUT2D eigenvalue weighted by Crippen LogP contribution is 2.37. The molecule has 2 amide bonds. The molecule has 2 aromatic heterocycles. The third-order valence-corrected chi connectivity index (χ3v) is 9.77. The Kier molecular flexibility index (Phi) is 9.51. The Morgan fingerprint density at radius 2 is 1.60 bits per heavy atom. The first-order chi connectivity index (χ1) is 24.3. The van der Waals surface area contributed by atoms with E-state index in [-0.39, 0.29) is 17.7 Å². The van der Waals surface area contributed by atoms with Crippen LogP contribution in [-0.2, 0) is 25.1 Å². The Labute approximate surface area is 291 Å². The monoisotopic (exact) mass is 671 g/mol. The Morgan fingerprint density at radius 1 is 0.880 bits per heavy atom. The van der Waals surface area contributed by atoms with Crippen LogP contribution in [-0.4, -0.2) is 67.9 Å². The summed E-state index contributed by atoms with van der Waals surface area (Å²) in [6.45, 7) is 4.71. The van der Waals surface area contributed by atoms with E-state index >= 15 is 0 Å². The number of hydrogen-bond donors (Lipinski definition) is 1. The molecule has 3 aromatic carbocycles. The standard InChI is InChI=1S/C40H41N5O5/c1-27-24-45(40(47)48)22-19-32(27)39(46)44-20-17-30(18-21-44)31-13-14-33-35(23-31)43(2)42-37(33)34-15-16-36(49-25-28-9-5-3-6-10-28)41-38(34)50-26-29-11-7-4-8-12-29/h3-17,23,27,32H,18-22,24-26H2,1-2H3,(H,47,48)/t27-,32+/m1/s1. The molecule has 256 valence electrons. The lowest BCUT2D eigenvalue weighted by Gasteiger charge is -2.38. The van der Waals surface area contributed by atoms with Crippen molar-refractivity contribution in [2.24, 2.45) is 18.9 Å². The van der Waals surface area contributed by atoms with Crippen molar-refractivity contribution < 1.29 is 24.2 Å². The highest BCUT2D eigenvalue weighted by Gasteiger charge is 2.35. The van der Waals surface area contributed by atoms with E-state index in [0.29, 0.717) is 57.6 Å². The van der Waals surface area contributed by atoms with Gasteiger partial charge in [-0.3, -0.25) is 9.48 Å². The number of benzene rings is 3. The van der Waals surface area contributed by atoms with Gasteiger partial charge in [-0.15, -0.1) is 0 Å². The Bertz CT molecular complexity index is 2030. The molecule has 0 spiro atoms. The van der Waals surface area contributed by atoms with E-state index < -0.39 is 6.09 Å². The summed E-state index contributed by atoms with van der Waals surface area (Å²) >= 11 is 0. The number of carbonyl (C=O) groups excluding carboxylic acids is 1. The van der Waals surface area contributed by atoms with Gasteiger partial charge in [0.2, 0.25) is 17.7 Å². The summed E-state index contributed by atoms with van der Waals surface area (Å²) in [5.74, 6) is 0.896. The van der Waals surface area contributed by atoms with Crippen LogP contribution in [0.3, 0.4) is 0 Å². The Balaban J connectivity index is 1.11. The van der Waals surface area contributed by atoms with Crippen LogP contribution >= 0.6 is 0 Å². The van der Waals surface area contributed by atoms with Crippen molar-refractivity contribution in [3.05, 3.63) is 114 Å². The molecular formula is C40H41N5O5. The van der Waals surface area contributed by atoms with E-state index in [1.165, 1.54) is 10.5 Å². The number of rotatable bonds is 9. The molecule has 2 atom stereocenters. The maximum Gasteiger partial charge on any atom is 0.407 e. The van der Waals surface area contributed by atoms with Crippen molar-refractivity contribution in [3.63, 3.8) is 0 Å². The number of aromatic nitrogens is 3. The summed E-state index contributed by atoms with van der Waals surface area (Å²) in [5.41, 5.74) is 6.92. The largest absolute Gasteiger partial charge is 0.473 e. The van der Waals surface area contributed by atoms with Crippen LogP contribution in [0.4, 0.5) is 4.79 Å². The van der Waals surface area contributed by atoms with E-state index in [0.717, 1.165) is 45.3 Å². The van der Waals surface area contributed by atoms with Gasteiger partial charge in [0.25, 0.3) is 0 Å². The number of carboxylic acid groups (broad SMARTS) is 1. The zero-order chi connectivity index (χ0) is 34.6. The zero-order valence-electron chi connectivity index (χ0n) is 28.4. The quantitative estimate of drug-likeness (QED) is 0.179. The van der Waals surface area contributed by atoms with Crippen molar-refractivity contribution in [2.45, 2.75) is 33.0 Å². The molecule has 2 aliphatic heterocycles. The lowest BCUT2D eigenvalue weighted by molar-refractivity contribution is -0.138. The molecule has 50 heavy (non-hydrogen) atoms. The number of aryl methyl sites for hydroxylation is 1. The van der Waals surface area contributed by atoms with Gasteiger partial charge in [-0.05, 0) is 59.2 Å². The van der Waals surface area contributed by atoms with Gasteiger partial charge in [0, 0.05) is 50.6 Å². The minimum Gasteiger partial charge on any atom is -0.473 e. The molecule has 0 aliphatic carbocycles. The van der Waals surface area contributed by atoms with Gasteiger partial charge in [0.1, 0.15) is 18.9 Å². The second-order valence-corrected chi connectivity index (χ2v) is 13.1. The first-order valence-corrected chi connectivity index (χ1v) is 17.1. The van der Waals surface area contributed by atoms with Crippen LogP contribution in [0.1, 0.15) is 36.5 Å². The molecule has 5 aromatic rings. The van der Waals surface area contributed by atoms with E-state index in [2.05, 4.69) is 24.3 Å². The minimum absolute atomic E-state index is 0.00311. The van der Waals surface area contributed by atoms with Gasteiger partial charge in [-0.2, -0.15) is 10.1 Å². The molecule has 0 unspecified atom stereocenters. The molecule has 2 aliphatic rings. The van der Waals surface area contributed by atoms with Crippen LogP contribution in [0.25, 0.3) is 27.7 Å². The summed E-state index contributed by atoms with van der Waals surface area (Å²) in [4.78, 5) is 32.9. The molecule has 1 fully saturated rings. The molecule has 7 rings (SSSR count). The zero-order valence-corrected chi connectivity index (χ0v) is 28.4. The molecular weight excluding hydrogens is 630 g/mol. The Morgan fingerprint density at radius 3 is 2.26 bits per heavy atom. The maximum atomic E-state index is 13.4. The second-order valence-electron chi connectivity index (χ2n) is 13.1. The first-order valence-electron chi connectivity index (χ1n) is 17.1. The highest BCUT2D eigenvalue weighted by atomic mass is 16.5. The van der Waals surface area contributed by atoms with E-state index in [4.69, 9.17) is 19.6 Å². The fourth-order valence-electron chi connectivity index (χ4n) is 6.96. The number of fused-ring (bicyclic) bond motifs is 1. The number of hydrogen-bond acceptors (Lipinski definition) is 6. The maximum absolute atomic E-state index is 13.4. The molecule has 4 heterocycles. The fourth-order valence-corrected chi connectivity index (χ4v) is 6.96. The lowest BCUT2D eigenvalue weighted by Crippen LogP contribution is -2.49. The topological polar surface area (TPSA) is 110 Å². The third kappa shape index (κ3) is 7.05. The van der Waals surface area contributed by atoms with Crippen molar-refractivity contribution in [1.29, 1.82) is 0 Å². The average molecular weight is 672 g/mol. The molecule has 10 heteroatoms. The van der Waals surface area contributed by atoms with Gasteiger partial charge >= 0.3 is 6.09 Å². The number of nitrogens with zero attached hydrogens (tertiary/aromatic N) is 5. The van der Waals surface area contributed by atoms with Crippen molar-refractivity contribution in [2.75, 3.05) is 26.2 Å². The van der Waals surface area contributed by atoms with E-state index in [1.807, 2.05) is 96.3 Å². The third-order valence-electron chi connectivity index (χ3n) is 9.77. The average Bonchev–Trinajstić information content (AvgIpc) is 3.48. The van der Waals surface area contributed by atoms with Gasteiger partial charge in [-0.25, -0.2) is 4.79 Å². The number of likely N-dealkylation sites (tertiary alicyclic amines) is 1. The van der Waals surface area contributed by atoms with Gasteiger partial charge in [-0.1, -0.05) is 79.7 Å². The molecule has 1 saturated heterocycles. The van der Waals surface area contributed by atoms with Crippen molar-refractivity contribution in [1.82, 2.24) is 24.6 Å². The number of carbonyl (C=O) groups is 2. The number of pyridine rings is 1. The molecule has 0 saturated carbocycles. The summed E-state index contributed by atoms with van der Waals surface area (Å²) < 4.78 is 14.3. The van der Waals surface area contributed by atoms with Crippen LogP contribution in [0.15, 0.2) is 97.1 Å². The van der Waals surface area contributed by atoms with Crippen LogP contribution < -0.4 is 9.47 Å². The van der Waals surface area contributed by atoms with Gasteiger partial charge < -0.3 is 24.4 Å². The van der Waals surface area contributed by atoms with Crippen LogP contribution in [0.5, 0.6) is 11.8 Å². The smallest absolute Gasteiger partial charge is 0.407 e. The summed E-state index contributed by atoms with van der Waals surface area (Å²) in [6, 6.07) is 30.2. The Hall–Kier alpha value is -5.64. The highest BCUT2D eigenvalue weighted by molar-refractivity contribution is 5.96. The van der Waals surface area contributed by atoms with Crippen LogP contribution in [0, 0.1) is 11.8 Å². The predicted molar refractivity (Wildman–Crippen MR) is 192 cm³/mol. The fraction of sp³-hybridized carbons (Fsp3) is 0.300. The lowest BCUT2D eigenvalue weighted by atomic mass is 9.85. The van der Waals surface area contributed by atoms with E-state index in [1.54, 1.807) is 0 Å². The van der Waals surface area contributed by atoms with Crippen molar-refractivity contribution >= 4 is 28.5 Å². The molecule has 0 bridgehead atoms. The molecule has 10 nitrogen and oxygen atoms in total. The summed E-state index contributed by atoms with van der Waals surface area (Å²) in [7, 11) is 1.94. The number of amides is 2. The predicted octanol–water partition coefficient (Wildman–Crippen LogP) is 7.05. The summed E-state index contributed by atoms with van der Waals surface area (Å²) in [6.07, 6.45) is 2.54. The normalized spacial score (nSPS) is 17.8. The van der Waals surface area contributed by atoms with Crippen molar-refractivity contribution in [3.8, 4) is 23.0 Å². The molecule has 0 radical (unpaired) electrons. The van der Waals surface area contributed by atoms with Gasteiger partial charge in [0.15, 0.2) is 0 Å². The van der Waals surface area contributed by atoms with Gasteiger partial charge in [0.05, 0.1) is 11.1 Å². The van der Waals surface area contributed by atoms with Crippen LogP contribution in [0.2, 0.25) is 0 Å². The second kappa shape index (κ2) is 14.5. The molecule has 1 N–H and O–H groups in total. The summed E-state index contributed by atoms with van der Waals surface area (Å²) in [5, 5.41) is 15.3. The number of ether oxygens (including phenoxy) is 2.